The number of hydrogen-bond acceptors (Lipinski definition) is 7. The van der Waals surface area contributed by atoms with Gasteiger partial charge in [-0.05, 0) is 95.9 Å². The van der Waals surface area contributed by atoms with Crippen LogP contribution in [0.2, 0.25) is 0 Å². The lowest BCUT2D eigenvalue weighted by atomic mass is 10.1. The van der Waals surface area contributed by atoms with E-state index in [1.807, 2.05) is 61.1 Å². The lowest BCUT2D eigenvalue weighted by molar-refractivity contribution is 0.102. The number of nitrogens with zero attached hydrogens (tertiary/aromatic N) is 5. The summed E-state index contributed by atoms with van der Waals surface area (Å²) in [5.74, 6) is 1.38. The zero-order valence-corrected chi connectivity index (χ0v) is 28.0. The van der Waals surface area contributed by atoms with Crippen LogP contribution in [-0.2, 0) is 13.6 Å². The van der Waals surface area contributed by atoms with E-state index in [1.165, 1.54) is 16.7 Å². The number of anilines is 1. The largest absolute Gasteiger partial charge is 0.437 e. The molecular formula is C38H38N6O2S. The van der Waals surface area contributed by atoms with Crippen LogP contribution in [-0.4, -0.2) is 63.5 Å². The fraction of sp³-hybridized carbons (Fsp3) is 0.237. The third kappa shape index (κ3) is 6.69. The van der Waals surface area contributed by atoms with Gasteiger partial charge in [0, 0.05) is 62.8 Å². The average Bonchev–Trinajstić information content (AvgIpc) is 3.75. The summed E-state index contributed by atoms with van der Waals surface area (Å²) in [4.78, 5) is 28.0. The standard InChI is InChI=1S/C38H38N6O2S/c1-25-5-6-29(37(45)39-32-12-11-30(26(2)21-32)23-44-18-16-42(3)17-19-44)22-34(25)46-38-35-33(13-15-43(35)4)40-36(41-38)28-9-7-27(8-10-28)31-14-20-47-24-31/h5-15,20-22,24H,16-19,23H2,1-4H3,(H,39,45). The van der Waals surface area contributed by atoms with Gasteiger partial charge in [0.15, 0.2) is 5.82 Å². The summed E-state index contributed by atoms with van der Waals surface area (Å²) in [5, 5.41) is 7.30. The molecule has 0 aliphatic carbocycles. The lowest BCUT2D eigenvalue weighted by Crippen LogP contribution is -2.43. The van der Waals surface area contributed by atoms with E-state index < -0.39 is 0 Å². The summed E-state index contributed by atoms with van der Waals surface area (Å²) < 4.78 is 8.46. The Labute approximate surface area is 279 Å². The second-order valence-electron chi connectivity index (χ2n) is 12.4. The molecule has 0 spiro atoms. The molecule has 1 fully saturated rings. The van der Waals surface area contributed by atoms with Gasteiger partial charge in [-0.1, -0.05) is 36.4 Å². The molecule has 1 aliphatic rings. The highest BCUT2D eigenvalue weighted by Crippen LogP contribution is 2.33. The van der Waals surface area contributed by atoms with Crippen molar-refractivity contribution in [1.82, 2.24) is 24.3 Å². The second-order valence-corrected chi connectivity index (χ2v) is 13.1. The van der Waals surface area contributed by atoms with Crippen LogP contribution in [0.25, 0.3) is 33.5 Å². The van der Waals surface area contributed by atoms with Gasteiger partial charge in [-0.2, -0.15) is 16.3 Å². The molecule has 0 radical (unpaired) electrons. The molecule has 0 saturated carbocycles. The average molecular weight is 643 g/mol. The van der Waals surface area contributed by atoms with Gasteiger partial charge in [-0.15, -0.1) is 0 Å². The molecule has 0 unspecified atom stereocenters. The maximum absolute atomic E-state index is 13.4. The molecule has 1 aliphatic heterocycles. The van der Waals surface area contributed by atoms with Crippen molar-refractivity contribution in [3.63, 3.8) is 0 Å². The van der Waals surface area contributed by atoms with Crippen molar-refractivity contribution in [3.05, 3.63) is 112 Å². The maximum Gasteiger partial charge on any atom is 0.255 e. The summed E-state index contributed by atoms with van der Waals surface area (Å²) in [7, 11) is 4.12. The number of rotatable bonds is 8. The smallest absolute Gasteiger partial charge is 0.255 e. The van der Waals surface area contributed by atoms with Crippen LogP contribution in [0.5, 0.6) is 11.6 Å². The highest BCUT2D eigenvalue weighted by Gasteiger charge is 2.18. The number of carbonyl (C=O) groups is 1. The van der Waals surface area contributed by atoms with Crippen LogP contribution >= 0.6 is 11.3 Å². The van der Waals surface area contributed by atoms with Crippen LogP contribution < -0.4 is 10.1 Å². The Balaban J connectivity index is 1.11. The first-order valence-corrected chi connectivity index (χ1v) is 16.8. The minimum Gasteiger partial charge on any atom is -0.437 e. The first-order valence-electron chi connectivity index (χ1n) is 15.9. The second kappa shape index (κ2) is 13.1. The number of nitrogens with one attached hydrogen (secondary N) is 1. The van der Waals surface area contributed by atoms with Crippen molar-refractivity contribution in [2.75, 3.05) is 38.5 Å². The monoisotopic (exact) mass is 642 g/mol. The summed E-state index contributed by atoms with van der Waals surface area (Å²) in [5.41, 5.74) is 9.43. The van der Waals surface area contributed by atoms with E-state index >= 15 is 0 Å². The van der Waals surface area contributed by atoms with Crippen LogP contribution in [0.1, 0.15) is 27.0 Å². The van der Waals surface area contributed by atoms with E-state index in [1.54, 1.807) is 17.4 Å². The van der Waals surface area contributed by atoms with Crippen LogP contribution in [0.3, 0.4) is 0 Å². The molecule has 4 heterocycles. The number of aryl methyl sites for hydroxylation is 3. The maximum atomic E-state index is 13.4. The quantitative estimate of drug-likeness (QED) is 0.183. The molecule has 47 heavy (non-hydrogen) atoms. The van der Waals surface area contributed by atoms with Crippen LogP contribution in [0, 0.1) is 13.8 Å². The molecule has 3 aromatic heterocycles. The Kier molecular flexibility index (Phi) is 8.60. The van der Waals surface area contributed by atoms with Gasteiger partial charge in [-0.25, -0.2) is 4.98 Å². The van der Waals surface area contributed by atoms with Crippen molar-refractivity contribution in [2.24, 2.45) is 7.05 Å². The Bertz CT molecular complexity index is 2040. The fourth-order valence-electron chi connectivity index (χ4n) is 5.95. The van der Waals surface area contributed by atoms with E-state index in [2.05, 4.69) is 70.2 Å². The molecule has 1 amide bonds. The summed E-state index contributed by atoms with van der Waals surface area (Å²) in [6.07, 6.45) is 1.95. The zero-order chi connectivity index (χ0) is 32.5. The van der Waals surface area contributed by atoms with Gasteiger partial charge in [0.05, 0.1) is 5.52 Å². The minimum absolute atomic E-state index is 0.195. The molecule has 8 nitrogen and oxygen atoms in total. The van der Waals surface area contributed by atoms with E-state index in [4.69, 9.17) is 14.7 Å². The van der Waals surface area contributed by atoms with E-state index in [0.717, 1.165) is 66.1 Å². The molecule has 1 saturated heterocycles. The number of likely N-dealkylation sites (N-methyl/N-ethyl adjacent to an activating group) is 1. The van der Waals surface area contributed by atoms with Crippen molar-refractivity contribution < 1.29 is 9.53 Å². The highest BCUT2D eigenvalue weighted by atomic mass is 32.1. The topological polar surface area (TPSA) is 75.5 Å². The zero-order valence-electron chi connectivity index (χ0n) is 27.2. The molecule has 1 N–H and O–H groups in total. The predicted octanol–water partition coefficient (Wildman–Crippen LogP) is 7.77. The first kappa shape index (κ1) is 30.8. The summed E-state index contributed by atoms with van der Waals surface area (Å²) >= 11 is 1.68. The number of aromatic nitrogens is 3. The van der Waals surface area contributed by atoms with Gasteiger partial charge in [0.2, 0.25) is 5.88 Å². The Morgan fingerprint density at radius 2 is 1.64 bits per heavy atom. The number of benzene rings is 3. The molecule has 0 atom stereocenters. The number of piperazine rings is 1. The molecule has 238 valence electrons. The minimum atomic E-state index is -0.195. The van der Waals surface area contributed by atoms with Gasteiger partial charge >= 0.3 is 0 Å². The lowest BCUT2D eigenvalue weighted by Gasteiger charge is -2.32. The predicted molar refractivity (Wildman–Crippen MR) is 190 cm³/mol. The van der Waals surface area contributed by atoms with E-state index in [0.29, 0.717) is 23.0 Å². The number of hydrogen-bond donors (Lipinski definition) is 1. The van der Waals surface area contributed by atoms with Crippen LogP contribution in [0.15, 0.2) is 89.8 Å². The number of carbonyl (C=O) groups excluding carboxylic acids is 1. The Hall–Kier alpha value is -4.83. The molecule has 6 aromatic rings. The fourth-order valence-corrected chi connectivity index (χ4v) is 6.62. The van der Waals surface area contributed by atoms with Crippen molar-refractivity contribution >= 4 is 34.0 Å². The summed E-state index contributed by atoms with van der Waals surface area (Å²) in [6, 6.07) is 24.0. The Morgan fingerprint density at radius 3 is 2.38 bits per heavy atom. The van der Waals surface area contributed by atoms with Gasteiger partial charge < -0.3 is 19.5 Å². The van der Waals surface area contributed by atoms with Gasteiger partial charge in [0.25, 0.3) is 5.91 Å². The van der Waals surface area contributed by atoms with Crippen LogP contribution in [0.4, 0.5) is 5.69 Å². The van der Waals surface area contributed by atoms with Gasteiger partial charge in [0.1, 0.15) is 11.3 Å². The SMILES string of the molecule is Cc1cc(NC(=O)c2ccc(C)c(Oc3nc(-c4ccc(-c5ccsc5)cc4)nc4ccn(C)c34)c2)ccc1CN1CCN(C)CC1. The first-order chi connectivity index (χ1) is 22.8. The normalized spacial score (nSPS) is 14.0. The molecule has 3 aromatic carbocycles. The number of amides is 1. The van der Waals surface area contributed by atoms with E-state index in [-0.39, 0.29) is 5.91 Å². The Morgan fingerprint density at radius 1 is 0.851 bits per heavy atom. The van der Waals surface area contributed by atoms with Crippen molar-refractivity contribution in [2.45, 2.75) is 20.4 Å². The molecular weight excluding hydrogens is 605 g/mol. The number of fused-ring (bicyclic) bond motifs is 1. The van der Waals surface area contributed by atoms with Gasteiger partial charge in [-0.3, -0.25) is 9.69 Å². The third-order valence-electron chi connectivity index (χ3n) is 8.93. The highest BCUT2D eigenvalue weighted by molar-refractivity contribution is 7.08. The summed E-state index contributed by atoms with van der Waals surface area (Å²) in [6.45, 7) is 9.32. The van der Waals surface area contributed by atoms with Crippen molar-refractivity contribution in [3.8, 4) is 34.1 Å². The van der Waals surface area contributed by atoms with Crippen molar-refractivity contribution in [1.29, 1.82) is 0 Å². The molecule has 9 heteroatoms. The molecule has 7 rings (SSSR count). The third-order valence-corrected chi connectivity index (χ3v) is 9.62. The number of thiophene rings is 1. The molecule has 0 bridgehead atoms. The van der Waals surface area contributed by atoms with E-state index in [9.17, 15) is 4.79 Å². The number of ether oxygens (including phenoxy) is 1.